The van der Waals surface area contributed by atoms with Crippen molar-refractivity contribution in [3.63, 3.8) is 0 Å². The first-order valence-corrected chi connectivity index (χ1v) is 6.98. The maximum Gasteiger partial charge on any atom is 0.417 e. The number of pyridine rings is 1. The minimum atomic E-state index is -4.37. The van der Waals surface area contributed by atoms with Gasteiger partial charge in [-0.15, -0.1) is 10.2 Å². The van der Waals surface area contributed by atoms with Crippen LogP contribution in [0.3, 0.4) is 0 Å². The van der Waals surface area contributed by atoms with Crippen molar-refractivity contribution in [3.05, 3.63) is 29.7 Å². The Morgan fingerprint density at radius 1 is 1.29 bits per heavy atom. The second kappa shape index (κ2) is 4.69. The van der Waals surface area contributed by atoms with Crippen LogP contribution in [0, 0.1) is 5.92 Å². The van der Waals surface area contributed by atoms with Crippen LogP contribution in [0.25, 0.3) is 5.65 Å². The fourth-order valence-electron chi connectivity index (χ4n) is 3.05. The van der Waals surface area contributed by atoms with Gasteiger partial charge in [-0.1, -0.05) is 13.8 Å². The van der Waals surface area contributed by atoms with Gasteiger partial charge in [-0.25, -0.2) is 0 Å². The number of alkyl halides is 3. The monoisotopic (exact) mass is 298 g/mol. The van der Waals surface area contributed by atoms with Crippen LogP contribution in [0.1, 0.15) is 31.7 Å². The Balaban J connectivity index is 2.19. The van der Waals surface area contributed by atoms with Crippen molar-refractivity contribution in [2.24, 2.45) is 5.92 Å². The molecule has 1 aliphatic rings. The van der Waals surface area contributed by atoms with Crippen molar-refractivity contribution in [2.75, 3.05) is 13.1 Å². The van der Waals surface area contributed by atoms with Gasteiger partial charge in [0.1, 0.15) is 5.82 Å². The van der Waals surface area contributed by atoms with Crippen LogP contribution in [0.15, 0.2) is 18.3 Å². The molecule has 0 saturated carbocycles. The first-order chi connectivity index (χ1) is 9.84. The Hall–Kier alpha value is -1.63. The molecule has 1 unspecified atom stereocenters. The highest BCUT2D eigenvalue weighted by Gasteiger charge is 2.43. The molecule has 1 fully saturated rings. The van der Waals surface area contributed by atoms with Gasteiger partial charge < -0.3 is 5.32 Å². The van der Waals surface area contributed by atoms with Crippen LogP contribution in [-0.2, 0) is 11.6 Å². The van der Waals surface area contributed by atoms with Crippen molar-refractivity contribution in [2.45, 2.75) is 31.9 Å². The topological polar surface area (TPSA) is 42.2 Å². The maximum atomic E-state index is 12.9. The molecular weight excluding hydrogens is 281 g/mol. The van der Waals surface area contributed by atoms with Crippen molar-refractivity contribution in [3.8, 4) is 0 Å². The zero-order valence-electron chi connectivity index (χ0n) is 11.9. The summed E-state index contributed by atoms with van der Waals surface area (Å²) in [7, 11) is 0. The number of nitrogens with one attached hydrogen (secondary N) is 1. The average Bonchev–Trinajstić information content (AvgIpc) is 3.03. The van der Waals surface area contributed by atoms with Gasteiger partial charge in [0.05, 0.1) is 5.56 Å². The van der Waals surface area contributed by atoms with Gasteiger partial charge in [-0.05, 0) is 31.0 Å². The normalized spacial score (nSPS) is 23.3. The van der Waals surface area contributed by atoms with Crippen molar-refractivity contribution < 1.29 is 13.2 Å². The second-order valence-corrected chi connectivity index (χ2v) is 5.90. The molecule has 3 heterocycles. The molecule has 2 aromatic heterocycles. The van der Waals surface area contributed by atoms with Gasteiger partial charge in [-0.2, -0.15) is 13.2 Å². The van der Waals surface area contributed by atoms with Crippen molar-refractivity contribution in [1.82, 2.24) is 19.9 Å². The molecule has 0 aliphatic carbocycles. The van der Waals surface area contributed by atoms with Crippen LogP contribution in [0.5, 0.6) is 0 Å². The minimum Gasteiger partial charge on any atom is -0.316 e. The highest BCUT2D eigenvalue weighted by atomic mass is 19.4. The summed E-state index contributed by atoms with van der Waals surface area (Å²) in [6.07, 6.45) is -2.41. The molecule has 4 nitrogen and oxygen atoms in total. The third kappa shape index (κ3) is 2.19. The van der Waals surface area contributed by atoms with Crippen molar-refractivity contribution >= 4 is 5.65 Å². The number of hydrogen-bond donors (Lipinski definition) is 1. The Morgan fingerprint density at radius 3 is 2.62 bits per heavy atom. The number of hydrogen-bond acceptors (Lipinski definition) is 3. The van der Waals surface area contributed by atoms with E-state index in [1.54, 1.807) is 0 Å². The molecule has 7 heteroatoms. The quantitative estimate of drug-likeness (QED) is 0.927. The lowest BCUT2D eigenvalue weighted by molar-refractivity contribution is -0.137. The lowest BCUT2D eigenvalue weighted by Crippen LogP contribution is -2.37. The summed E-state index contributed by atoms with van der Waals surface area (Å²) in [5, 5.41) is 11.5. The molecule has 114 valence electrons. The predicted octanol–water partition coefficient (Wildman–Crippen LogP) is 2.64. The third-order valence-electron chi connectivity index (χ3n) is 4.47. The Morgan fingerprint density at radius 2 is 2.05 bits per heavy atom. The van der Waals surface area contributed by atoms with Gasteiger partial charge in [0.15, 0.2) is 5.65 Å². The van der Waals surface area contributed by atoms with E-state index in [4.69, 9.17) is 0 Å². The molecule has 2 aromatic rings. The summed E-state index contributed by atoms with van der Waals surface area (Å²) in [6.45, 7) is 5.69. The van der Waals surface area contributed by atoms with E-state index < -0.39 is 11.7 Å². The zero-order chi connectivity index (χ0) is 15.3. The molecule has 1 aliphatic heterocycles. The van der Waals surface area contributed by atoms with Crippen LogP contribution in [0.4, 0.5) is 13.2 Å². The van der Waals surface area contributed by atoms with Crippen LogP contribution < -0.4 is 5.32 Å². The molecule has 21 heavy (non-hydrogen) atoms. The van der Waals surface area contributed by atoms with E-state index in [1.807, 2.05) is 0 Å². The lowest BCUT2D eigenvalue weighted by atomic mass is 9.75. The highest BCUT2D eigenvalue weighted by Crippen LogP contribution is 2.38. The predicted molar refractivity (Wildman–Crippen MR) is 72.0 cm³/mol. The number of nitrogens with zero attached hydrogens (tertiary/aromatic N) is 3. The summed E-state index contributed by atoms with van der Waals surface area (Å²) >= 11 is 0. The minimum absolute atomic E-state index is 0.259. The van der Waals surface area contributed by atoms with Gasteiger partial charge in [0, 0.05) is 18.2 Å². The van der Waals surface area contributed by atoms with E-state index in [-0.39, 0.29) is 11.3 Å². The standard InChI is InChI=1S/C14H17F3N4/c1-9(2)13(5-6-18-8-13)12-20-19-11-4-3-10(7-21(11)12)14(15,16)17/h3-4,7,9,18H,5-6,8H2,1-2H3. The largest absolute Gasteiger partial charge is 0.417 e. The van der Waals surface area contributed by atoms with Crippen LogP contribution in [0.2, 0.25) is 0 Å². The van der Waals surface area contributed by atoms with Gasteiger partial charge in [0.25, 0.3) is 0 Å². The van der Waals surface area contributed by atoms with Crippen LogP contribution in [-0.4, -0.2) is 27.7 Å². The summed E-state index contributed by atoms with van der Waals surface area (Å²) in [5.41, 5.74) is -0.505. The highest BCUT2D eigenvalue weighted by molar-refractivity contribution is 5.41. The summed E-state index contributed by atoms with van der Waals surface area (Å²) in [4.78, 5) is 0. The van der Waals surface area contributed by atoms with E-state index in [0.717, 1.165) is 25.2 Å². The molecule has 1 saturated heterocycles. The van der Waals surface area contributed by atoms with E-state index in [1.165, 1.54) is 10.5 Å². The third-order valence-corrected chi connectivity index (χ3v) is 4.47. The number of aromatic nitrogens is 3. The summed E-state index contributed by atoms with van der Waals surface area (Å²) in [6, 6.07) is 2.42. The molecule has 0 aromatic carbocycles. The Kier molecular flexibility index (Phi) is 3.20. The fourth-order valence-corrected chi connectivity index (χ4v) is 3.05. The number of fused-ring (bicyclic) bond motifs is 1. The average molecular weight is 298 g/mol. The number of halogens is 3. The van der Waals surface area contributed by atoms with Crippen LogP contribution >= 0.6 is 0 Å². The molecule has 0 bridgehead atoms. The van der Waals surface area contributed by atoms with E-state index in [0.29, 0.717) is 18.0 Å². The van der Waals surface area contributed by atoms with Crippen molar-refractivity contribution in [1.29, 1.82) is 0 Å². The molecule has 1 N–H and O–H groups in total. The SMILES string of the molecule is CC(C)C1(c2nnc3ccc(C(F)(F)F)cn23)CCNC1. The van der Waals surface area contributed by atoms with E-state index >= 15 is 0 Å². The smallest absolute Gasteiger partial charge is 0.316 e. The molecule has 0 radical (unpaired) electrons. The summed E-state index contributed by atoms with van der Waals surface area (Å²) in [5.74, 6) is 0.873. The Labute approximate surface area is 120 Å². The van der Waals surface area contributed by atoms with E-state index in [2.05, 4.69) is 29.4 Å². The Bertz CT molecular complexity index is 654. The van der Waals surface area contributed by atoms with Gasteiger partial charge in [0.2, 0.25) is 0 Å². The maximum absolute atomic E-state index is 12.9. The number of rotatable bonds is 2. The molecule has 1 atom stereocenters. The molecule has 3 rings (SSSR count). The lowest BCUT2D eigenvalue weighted by Gasteiger charge is -2.30. The first-order valence-electron chi connectivity index (χ1n) is 6.98. The second-order valence-electron chi connectivity index (χ2n) is 5.90. The van der Waals surface area contributed by atoms with Gasteiger partial charge in [-0.3, -0.25) is 4.40 Å². The fraction of sp³-hybridized carbons (Fsp3) is 0.571. The zero-order valence-corrected chi connectivity index (χ0v) is 11.9. The van der Waals surface area contributed by atoms with E-state index in [9.17, 15) is 13.2 Å². The molecule has 0 amide bonds. The molecular formula is C14H17F3N4. The van der Waals surface area contributed by atoms with Gasteiger partial charge >= 0.3 is 6.18 Å². The first kappa shape index (κ1) is 14.3. The summed E-state index contributed by atoms with van der Waals surface area (Å²) < 4.78 is 40.3. The molecule has 0 spiro atoms.